The molecule has 4 nitrogen and oxygen atoms in total. The van der Waals surface area contributed by atoms with Gasteiger partial charge in [-0.2, -0.15) is 0 Å². The smallest absolute Gasteiger partial charge is 0.253 e. The molecule has 0 aromatic heterocycles. The summed E-state index contributed by atoms with van der Waals surface area (Å²) in [5.74, 6) is -0.0730. The maximum atomic E-state index is 12.1. The van der Waals surface area contributed by atoms with Gasteiger partial charge in [0.25, 0.3) is 5.91 Å². The van der Waals surface area contributed by atoms with Crippen LogP contribution in [-0.4, -0.2) is 18.1 Å². The van der Waals surface area contributed by atoms with Gasteiger partial charge in [-0.15, -0.1) is 0 Å². The molecule has 0 spiro atoms. The van der Waals surface area contributed by atoms with Gasteiger partial charge in [-0.1, -0.05) is 6.07 Å². The highest BCUT2D eigenvalue weighted by Gasteiger charge is 2.28. The van der Waals surface area contributed by atoms with Gasteiger partial charge in [-0.25, -0.2) is 0 Å². The van der Waals surface area contributed by atoms with E-state index in [4.69, 9.17) is 10.5 Å². The number of rotatable bonds is 2. The molecule has 18 heavy (non-hydrogen) atoms. The summed E-state index contributed by atoms with van der Waals surface area (Å²) < 4.78 is 5.56. The SMILES string of the molecule is Cc1ccc(N)c(C)c1NC(=O)C1CCC(C)O1. The van der Waals surface area contributed by atoms with E-state index >= 15 is 0 Å². The van der Waals surface area contributed by atoms with Gasteiger partial charge < -0.3 is 15.8 Å². The normalized spacial score (nSPS) is 23.1. The number of carbonyl (C=O) groups is 1. The van der Waals surface area contributed by atoms with Crippen molar-refractivity contribution < 1.29 is 9.53 Å². The first-order chi connectivity index (χ1) is 8.49. The Kier molecular flexibility index (Phi) is 3.57. The molecule has 1 heterocycles. The van der Waals surface area contributed by atoms with Crippen molar-refractivity contribution in [3.8, 4) is 0 Å². The molecule has 1 aromatic rings. The standard InChI is InChI=1S/C14H20N2O2/c1-8-4-6-11(15)10(3)13(8)16-14(17)12-7-5-9(2)18-12/h4,6,9,12H,5,7,15H2,1-3H3,(H,16,17). The Bertz CT molecular complexity index is 471. The third-order valence-corrected chi connectivity index (χ3v) is 3.49. The van der Waals surface area contributed by atoms with Gasteiger partial charge in [-0.05, 0) is 50.8 Å². The first-order valence-corrected chi connectivity index (χ1v) is 6.31. The van der Waals surface area contributed by atoms with E-state index in [9.17, 15) is 4.79 Å². The predicted molar refractivity (Wildman–Crippen MR) is 72.5 cm³/mol. The number of benzene rings is 1. The topological polar surface area (TPSA) is 64.3 Å². The quantitative estimate of drug-likeness (QED) is 0.790. The number of hydrogen-bond acceptors (Lipinski definition) is 3. The molecule has 2 rings (SSSR count). The van der Waals surface area contributed by atoms with E-state index in [2.05, 4.69) is 5.32 Å². The van der Waals surface area contributed by atoms with Crippen molar-refractivity contribution in [1.82, 2.24) is 0 Å². The van der Waals surface area contributed by atoms with Crippen molar-refractivity contribution in [3.63, 3.8) is 0 Å². The third-order valence-electron chi connectivity index (χ3n) is 3.49. The summed E-state index contributed by atoms with van der Waals surface area (Å²) in [4.78, 5) is 12.1. The van der Waals surface area contributed by atoms with E-state index < -0.39 is 0 Å². The van der Waals surface area contributed by atoms with Crippen molar-refractivity contribution >= 4 is 17.3 Å². The fraction of sp³-hybridized carbons (Fsp3) is 0.500. The molecular weight excluding hydrogens is 228 g/mol. The van der Waals surface area contributed by atoms with Crippen LogP contribution >= 0.6 is 0 Å². The van der Waals surface area contributed by atoms with Crippen LogP contribution < -0.4 is 11.1 Å². The largest absolute Gasteiger partial charge is 0.398 e. The second-order valence-electron chi connectivity index (χ2n) is 4.97. The Hall–Kier alpha value is -1.55. The fourth-order valence-electron chi connectivity index (χ4n) is 2.25. The van der Waals surface area contributed by atoms with E-state index in [1.807, 2.05) is 32.9 Å². The summed E-state index contributed by atoms with van der Waals surface area (Å²) in [6.07, 6.45) is 1.56. The number of amides is 1. The Morgan fingerprint density at radius 2 is 2.11 bits per heavy atom. The number of nitrogens with two attached hydrogens (primary N) is 1. The van der Waals surface area contributed by atoms with Crippen LogP contribution in [0.3, 0.4) is 0 Å². The van der Waals surface area contributed by atoms with Crippen LogP contribution in [0, 0.1) is 13.8 Å². The van der Waals surface area contributed by atoms with Gasteiger partial charge in [-0.3, -0.25) is 4.79 Å². The summed E-state index contributed by atoms with van der Waals surface area (Å²) in [6, 6.07) is 3.77. The van der Waals surface area contributed by atoms with Gasteiger partial charge >= 0.3 is 0 Å². The van der Waals surface area contributed by atoms with E-state index in [0.29, 0.717) is 5.69 Å². The molecule has 1 fully saturated rings. The van der Waals surface area contributed by atoms with Gasteiger partial charge in [0.2, 0.25) is 0 Å². The first-order valence-electron chi connectivity index (χ1n) is 6.31. The van der Waals surface area contributed by atoms with Crippen LogP contribution in [0.2, 0.25) is 0 Å². The highest BCUT2D eigenvalue weighted by Crippen LogP contribution is 2.27. The van der Waals surface area contributed by atoms with Crippen molar-refractivity contribution in [1.29, 1.82) is 0 Å². The van der Waals surface area contributed by atoms with Crippen molar-refractivity contribution in [2.45, 2.75) is 45.8 Å². The minimum absolute atomic E-state index is 0.0730. The van der Waals surface area contributed by atoms with Crippen LogP contribution in [0.5, 0.6) is 0 Å². The van der Waals surface area contributed by atoms with Crippen molar-refractivity contribution in [3.05, 3.63) is 23.3 Å². The Morgan fingerprint density at radius 3 is 2.72 bits per heavy atom. The molecule has 2 unspecified atom stereocenters. The van der Waals surface area contributed by atoms with E-state index in [1.165, 1.54) is 0 Å². The molecule has 3 N–H and O–H groups in total. The average molecular weight is 248 g/mol. The molecule has 98 valence electrons. The first kappa shape index (κ1) is 12.9. The number of ether oxygens (including phenoxy) is 1. The second kappa shape index (κ2) is 4.98. The van der Waals surface area contributed by atoms with Gasteiger partial charge in [0.1, 0.15) is 6.10 Å². The molecule has 2 atom stereocenters. The number of anilines is 2. The number of hydrogen-bond donors (Lipinski definition) is 2. The number of carbonyl (C=O) groups excluding carboxylic acids is 1. The van der Waals surface area contributed by atoms with Crippen LogP contribution in [0.15, 0.2) is 12.1 Å². The van der Waals surface area contributed by atoms with Crippen LogP contribution in [-0.2, 0) is 9.53 Å². The molecule has 1 saturated heterocycles. The highest BCUT2D eigenvalue weighted by molar-refractivity contribution is 5.96. The maximum Gasteiger partial charge on any atom is 0.253 e. The van der Waals surface area contributed by atoms with E-state index in [-0.39, 0.29) is 18.1 Å². The zero-order chi connectivity index (χ0) is 13.3. The lowest BCUT2D eigenvalue weighted by Gasteiger charge is -2.16. The zero-order valence-corrected chi connectivity index (χ0v) is 11.1. The number of nitrogens with one attached hydrogen (secondary N) is 1. The van der Waals surface area contributed by atoms with E-state index in [1.54, 1.807) is 0 Å². The molecule has 1 aliphatic heterocycles. The average Bonchev–Trinajstić information content (AvgIpc) is 2.76. The minimum Gasteiger partial charge on any atom is -0.398 e. The fourth-order valence-corrected chi connectivity index (χ4v) is 2.25. The number of nitrogen functional groups attached to an aromatic ring is 1. The summed E-state index contributed by atoms with van der Waals surface area (Å²) >= 11 is 0. The molecule has 0 saturated carbocycles. The van der Waals surface area contributed by atoms with E-state index in [0.717, 1.165) is 29.7 Å². The minimum atomic E-state index is -0.333. The van der Waals surface area contributed by atoms with Gasteiger partial charge in [0, 0.05) is 11.4 Å². The molecular formula is C14H20N2O2. The van der Waals surface area contributed by atoms with Crippen LogP contribution in [0.1, 0.15) is 30.9 Å². The molecule has 1 amide bonds. The molecule has 0 bridgehead atoms. The summed E-state index contributed by atoms with van der Waals surface area (Å²) in [6.45, 7) is 5.86. The molecule has 4 heteroatoms. The predicted octanol–water partition coefficient (Wildman–Crippen LogP) is 2.39. The number of aryl methyl sites for hydroxylation is 1. The Morgan fingerprint density at radius 1 is 1.39 bits per heavy atom. The van der Waals surface area contributed by atoms with Gasteiger partial charge in [0.15, 0.2) is 0 Å². The summed E-state index contributed by atoms with van der Waals surface area (Å²) in [5, 5.41) is 2.94. The Labute approximate surface area is 108 Å². The summed E-state index contributed by atoms with van der Waals surface area (Å²) in [5.41, 5.74) is 9.28. The molecule has 1 aromatic carbocycles. The Balaban J connectivity index is 2.14. The van der Waals surface area contributed by atoms with Crippen LogP contribution in [0.25, 0.3) is 0 Å². The van der Waals surface area contributed by atoms with Crippen molar-refractivity contribution in [2.24, 2.45) is 0 Å². The molecule has 0 aliphatic carbocycles. The molecule has 1 aliphatic rings. The lowest BCUT2D eigenvalue weighted by atomic mass is 10.1. The van der Waals surface area contributed by atoms with Gasteiger partial charge in [0.05, 0.1) is 6.10 Å². The third kappa shape index (κ3) is 2.48. The van der Waals surface area contributed by atoms with Crippen molar-refractivity contribution in [2.75, 3.05) is 11.1 Å². The summed E-state index contributed by atoms with van der Waals surface area (Å²) in [7, 11) is 0. The monoisotopic (exact) mass is 248 g/mol. The second-order valence-corrected chi connectivity index (χ2v) is 4.97. The zero-order valence-electron chi connectivity index (χ0n) is 11.1. The van der Waals surface area contributed by atoms with Crippen LogP contribution in [0.4, 0.5) is 11.4 Å². The molecule has 0 radical (unpaired) electrons. The highest BCUT2D eigenvalue weighted by atomic mass is 16.5. The maximum absolute atomic E-state index is 12.1. The lowest BCUT2D eigenvalue weighted by molar-refractivity contribution is -0.126. The lowest BCUT2D eigenvalue weighted by Crippen LogP contribution is -2.28.